The standard InChI is InChI=1S/C12H16NO2P/c1-3-13(4-2)12-11-8-6-5-7-10(11)9-14-16-15-12/h5-9,16H,3-4H2,1-2H3. The molecule has 0 N–H and O–H groups in total. The van der Waals surface area contributed by atoms with Crippen molar-refractivity contribution in [2.24, 2.45) is 0 Å². The van der Waals surface area contributed by atoms with E-state index in [9.17, 15) is 0 Å². The molecular formula is C12H16NO2P. The van der Waals surface area contributed by atoms with Crippen LogP contribution in [0.15, 0.2) is 38.9 Å². The first-order chi connectivity index (χ1) is 7.86. The highest BCUT2D eigenvalue weighted by molar-refractivity contribution is 7.15. The summed E-state index contributed by atoms with van der Waals surface area (Å²) in [6, 6.07) is 8.14. The summed E-state index contributed by atoms with van der Waals surface area (Å²) in [5.41, 5.74) is 0. The Morgan fingerprint density at radius 1 is 1.19 bits per heavy atom. The minimum Gasteiger partial charge on any atom is -0.429 e. The molecule has 0 bridgehead atoms. The molecule has 0 aliphatic rings. The molecule has 0 amide bonds. The predicted molar refractivity (Wildman–Crippen MR) is 69.2 cm³/mol. The molecule has 0 aliphatic carbocycles. The average Bonchev–Trinajstić information content (AvgIpc) is 2.54. The lowest BCUT2D eigenvalue weighted by Crippen LogP contribution is -2.21. The Bertz CT molecular complexity index is 492. The van der Waals surface area contributed by atoms with Crippen molar-refractivity contribution < 1.29 is 8.39 Å². The van der Waals surface area contributed by atoms with Crippen LogP contribution < -0.4 is 4.90 Å². The Labute approximate surface area is 96.6 Å². The molecule has 1 unspecified atom stereocenters. The Kier molecular flexibility index (Phi) is 3.58. The van der Waals surface area contributed by atoms with Crippen LogP contribution in [0, 0.1) is 0 Å². The number of hydrogen-bond donors (Lipinski definition) is 0. The van der Waals surface area contributed by atoms with Gasteiger partial charge in [-0.3, -0.25) is 0 Å². The van der Waals surface area contributed by atoms with Crippen molar-refractivity contribution in [1.29, 1.82) is 0 Å². The molecule has 2 rings (SSSR count). The van der Waals surface area contributed by atoms with Crippen LogP contribution in [0.4, 0.5) is 5.88 Å². The van der Waals surface area contributed by atoms with E-state index in [0.29, 0.717) is 0 Å². The van der Waals surface area contributed by atoms with Gasteiger partial charge in [-0.05, 0) is 19.9 Å². The smallest absolute Gasteiger partial charge is 0.209 e. The summed E-state index contributed by atoms with van der Waals surface area (Å²) < 4.78 is 11.0. The van der Waals surface area contributed by atoms with E-state index in [0.717, 1.165) is 29.7 Å². The zero-order valence-electron chi connectivity index (χ0n) is 9.56. The quantitative estimate of drug-likeness (QED) is 0.807. The first-order valence-electron chi connectivity index (χ1n) is 5.48. The van der Waals surface area contributed by atoms with E-state index in [-0.39, 0.29) is 8.67 Å². The van der Waals surface area contributed by atoms with E-state index in [1.807, 2.05) is 18.2 Å². The van der Waals surface area contributed by atoms with Crippen molar-refractivity contribution >= 4 is 25.3 Å². The van der Waals surface area contributed by atoms with Gasteiger partial charge in [0.1, 0.15) is 6.26 Å². The van der Waals surface area contributed by atoms with Gasteiger partial charge in [0.05, 0.1) is 0 Å². The minimum atomic E-state index is 0.0360. The first-order valence-corrected chi connectivity index (χ1v) is 6.30. The molecular weight excluding hydrogens is 221 g/mol. The van der Waals surface area contributed by atoms with E-state index in [4.69, 9.17) is 8.39 Å². The van der Waals surface area contributed by atoms with E-state index >= 15 is 0 Å². The highest BCUT2D eigenvalue weighted by Crippen LogP contribution is 2.28. The number of fused-ring (bicyclic) bond motifs is 1. The number of nitrogens with zero attached hydrogens (tertiary/aromatic N) is 1. The molecule has 0 aliphatic heterocycles. The van der Waals surface area contributed by atoms with Crippen molar-refractivity contribution in [2.75, 3.05) is 18.0 Å². The third kappa shape index (κ3) is 2.10. The lowest BCUT2D eigenvalue weighted by Gasteiger charge is -2.18. The molecule has 0 spiro atoms. The molecule has 0 saturated heterocycles. The summed E-state index contributed by atoms with van der Waals surface area (Å²) in [5.74, 6) is 0.924. The summed E-state index contributed by atoms with van der Waals surface area (Å²) in [7, 11) is 0.0360. The van der Waals surface area contributed by atoms with Crippen molar-refractivity contribution in [3.63, 3.8) is 0 Å². The Morgan fingerprint density at radius 3 is 2.69 bits per heavy atom. The van der Waals surface area contributed by atoms with Crippen molar-refractivity contribution in [1.82, 2.24) is 0 Å². The normalized spacial score (nSPS) is 10.9. The fraction of sp³-hybridized carbons (Fsp3) is 0.333. The topological polar surface area (TPSA) is 29.5 Å². The molecule has 0 fully saturated rings. The summed E-state index contributed by atoms with van der Waals surface area (Å²) in [5, 5.41) is 2.19. The number of rotatable bonds is 3. The van der Waals surface area contributed by atoms with Crippen LogP contribution in [0.1, 0.15) is 13.8 Å². The highest BCUT2D eigenvalue weighted by atomic mass is 31.1. The van der Waals surface area contributed by atoms with Gasteiger partial charge in [-0.25, -0.2) is 0 Å². The van der Waals surface area contributed by atoms with E-state index in [2.05, 4.69) is 24.8 Å². The highest BCUT2D eigenvalue weighted by Gasteiger charge is 2.08. The second-order valence-corrected chi connectivity index (χ2v) is 4.09. The second kappa shape index (κ2) is 5.13. The van der Waals surface area contributed by atoms with Crippen molar-refractivity contribution in [2.45, 2.75) is 13.8 Å². The molecule has 0 radical (unpaired) electrons. The maximum atomic E-state index is 5.69. The van der Waals surface area contributed by atoms with Gasteiger partial charge in [-0.2, -0.15) is 0 Å². The third-order valence-corrected chi connectivity index (χ3v) is 3.10. The van der Waals surface area contributed by atoms with Crippen LogP contribution in [0.3, 0.4) is 0 Å². The predicted octanol–water partition coefficient (Wildman–Crippen LogP) is 4.03. The lowest BCUT2D eigenvalue weighted by molar-refractivity contribution is 0.597. The van der Waals surface area contributed by atoms with Gasteiger partial charge in [0.25, 0.3) is 0 Å². The van der Waals surface area contributed by atoms with Gasteiger partial charge < -0.3 is 13.3 Å². The van der Waals surface area contributed by atoms with Crippen molar-refractivity contribution in [3.05, 3.63) is 30.5 Å². The van der Waals surface area contributed by atoms with E-state index in [1.165, 1.54) is 0 Å². The molecule has 4 heteroatoms. The average molecular weight is 237 g/mol. The maximum Gasteiger partial charge on any atom is 0.209 e. The SMILES string of the molecule is CCN(CC)c1o[pH]occ2ccccc12. The molecule has 1 heterocycles. The summed E-state index contributed by atoms with van der Waals surface area (Å²) in [6.07, 6.45) is 1.77. The second-order valence-electron chi connectivity index (χ2n) is 3.49. The minimum absolute atomic E-state index is 0.0360. The molecule has 3 nitrogen and oxygen atoms in total. The molecule has 86 valence electrons. The molecule has 1 atom stereocenters. The Morgan fingerprint density at radius 2 is 1.94 bits per heavy atom. The number of anilines is 1. The van der Waals surface area contributed by atoms with Crippen molar-refractivity contribution in [3.8, 4) is 0 Å². The van der Waals surface area contributed by atoms with Gasteiger partial charge in [0, 0.05) is 23.9 Å². The van der Waals surface area contributed by atoms with Gasteiger partial charge >= 0.3 is 0 Å². The molecule has 16 heavy (non-hydrogen) atoms. The Balaban J connectivity index is 2.69. The van der Waals surface area contributed by atoms with Gasteiger partial charge in [-0.15, -0.1) is 0 Å². The molecule has 1 aromatic heterocycles. The molecule has 2 aromatic rings. The molecule has 1 aromatic carbocycles. The van der Waals surface area contributed by atoms with Gasteiger partial charge in [-0.1, -0.05) is 18.2 Å². The fourth-order valence-electron chi connectivity index (χ4n) is 1.75. The zero-order valence-corrected chi connectivity index (χ0v) is 10.6. The number of hydrogen-bond acceptors (Lipinski definition) is 3. The summed E-state index contributed by atoms with van der Waals surface area (Å²) in [4.78, 5) is 2.20. The van der Waals surface area contributed by atoms with Crippen LogP contribution in [0.5, 0.6) is 0 Å². The largest absolute Gasteiger partial charge is 0.429 e. The van der Waals surface area contributed by atoms with Crippen LogP contribution in [0.25, 0.3) is 10.8 Å². The number of benzene rings is 1. The van der Waals surface area contributed by atoms with Gasteiger partial charge in [0.15, 0.2) is 0 Å². The summed E-state index contributed by atoms with van der Waals surface area (Å²) in [6.45, 7) is 6.12. The zero-order chi connectivity index (χ0) is 11.4. The van der Waals surface area contributed by atoms with Gasteiger partial charge in [0.2, 0.25) is 14.6 Å². The monoisotopic (exact) mass is 237 g/mol. The van der Waals surface area contributed by atoms with E-state index in [1.54, 1.807) is 6.26 Å². The summed E-state index contributed by atoms with van der Waals surface area (Å²) >= 11 is 0. The van der Waals surface area contributed by atoms with E-state index < -0.39 is 0 Å². The molecule has 0 saturated carbocycles. The lowest BCUT2D eigenvalue weighted by atomic mass is 10.2. The van der Waals surface area contributed by atoms with Crippen LogP contribution >= 0.6 is 8.67 Å². The third-order valence-electron chi connectivity index (χ3n) is 2.61. The fourth-order valence-corrected chi connectivity index (χ4v) is 2.29. The first kappa shape index (κ1) is 11.2. The van der Waals surface area contributed by atoms with Crippen LogP contribution in [-0.4, -0.2) is 13.1 Å². The van der Waals surface area contributed by atoms with Crippen LogP contribution in [-0.2, 0) is 0 Å². The van der Waals surface area contributed by atoms with Crippen LogP contribution in [0.2, 0.25) is 0 Å². The maximum absolute atomic E-state index is 5.69. The Hall–Kier alpha value is -1.34.